The predicted octanol–water partition coefficient (Wildman–Crippen LogP) is 1.46. The molecule has 0 spiro atoms. The van der Waals surface area contributed by atoms with Gasteiger partial charge < -0.3 is 20.5 Å². The van der Waals surface area contributed by atoms with Gasteiger partial charge in [0, 0.05) is 18.9 Å². The summed E-state index contributed by atoms with van der Waals surface area (Å²) in [5, 5.41) is 14.4. The van der Waals surface area contributed by atoms with Gasteiger partial charge in [0.2, 0.25) is 11.8 Å². The van der Waals surface area contributed by atoms with Gasteiger partial charge in [0.1, 0.15) is 12.1 Å². The lowest BCUT2D eigenvalue weighted by atomic mass is 10.1. The second kappa shape index (κ2) is 9.01. The largest absolute Gasteiger partial charge is 0.480 e. The molecule has 7 heteroatoms. The number of carbonyl (C=O) groups is 3. The van der Waals surface area contributed by atoms with E-state index in [-0.39, 0.29) is 30.5 Å². The summed E-state index contributed by atoms with van der Waals surface area (Å²) >= 11 is 0. The van der Waals surface area contributed by atoms with Crippen molar-refractivity contribution in [2.45, 2.75) is 77.5 Å². The van der Waals surface area contributed by atoms with E-state index in [2.05, 4.69) is 10.6 Å². The molecule has 1 aliphatic rings. The molecule has 3 N–H and O–H groups in total. The molecule has 1 rings (SSSR count). The molecule has 0 radical (unpaired) electrons. The van der Waals surface area contributed by atoms with E-state index in [4.69, 9.17) is 4.74 Å². The first kappa shape index (κ1) is 20.4. The van der Waals surface area contributed by atoms with Gasteiger partial charge in [-0.25, -0.2) is 4.79 Å². The van der Waals surface area contributed by atoms with Gasteiger partial charge in [0.15, 0.2) is 0 Å². The second-order valence-electron chi connectivity index (χ2n) is 7.36. The lowest BCUT2D eigenvalue weighted by Gasteiger charge is -2.23. The molecule has 2 atom stereocenters. The summed E-state index contributed by atoms with van der Waals surface area (Å²) in [7, 11) is 0. The highest BCUT2D eigenvalue weighted by atomic mass is 16.5. The molecule has 138 valence electrons. The van der Waals surface area contributed by atoms with Gasteiger partial charge in [-0.3, -0.25) is 9.59 Å². The number of carbonyl (C=O) groups excluding carboxylic acids is 2. The Morgan fingerprint density at radius 3 is 2.25 bits per heavy atom. The standard InChI is InChI=1S/C17H30N2O5/c1-11(18-15(21)12-7-5-6-8-12)14(20)19-13(16(22)23)9-10-24-17(2,3)4/h11-13H,5-10H2,1-4H3,(H,18,21)(H,19,20)(H,22,23). The van der Waals surface area contributed by atoms with Crippen molar-refractivity contribution in [3.8, 4) is 0 Å². The Morgan fingerprint density at radius 2 is 1.75 bits per heavy atom. The fourth-order valence-corrected chi connectivity index (χ4v) is 2.62. The number of carboxylic acid groups (broad SMARTS) is 1. The van der Waals surface area contributed by atoms with Crippen LogP contribution in [0.5, 0.6) is 0 Å². The summed E-state index contributed by atoms with van der Waals surface area (Å²) in [6.07, 6.45) is 3.94. The quantitative estimate of drug-likeness (QED) is 0.619. The first-order valence-corrected chi connectivity index (χ1v) is 8.57. The zero-order valence-corrected chi connectivity index (χ0v) is 15.1. The van der Waals surface area contributed by atoms with Crippen LogP contribution in [0.4, 0.5) is 0 Å². The van der Waals surface area contributed by atoms with E-state index in [1.165, 1.54) is 0 Å². The number of nitrogens with one attached hydrogen (secondary N) is 2. The van der Waals surface area contributed by atoms with Gasteiger partial charge in [0.05, 0.1) is 5.60 Å². The third kappa shape index (κ3) is 7.29. The van der Waals surface area contributed by atoms with E-state index in [1.54, 1.807) is 6.92 Å². The first-order chi connectivity index (χ1) is 11.1. The fourth-order valence-electron chi connectivity index (χ4n) is 2.62. The zero-order valence-electron chi connectivity index (χ0n) is 15.1. The van der Waals surface area contributed by atoms with E-state index in [0.717, 1.165) is 25.7 Å². The lowest BCUT2D eigenvalue weighted by Crippen LogP contribution is -2.51. The molecule has 0 heterocycles. The summed E-state index contributed by atoms with van der Waals surface area (Å²) < 4.78 is 5.50. The van der Waals surface area contributed by atoms with Crippen molar-refractivity contribution in [3.63, 3.8) is 0 Å². The summed E-state index contributed by atoms with van der Waals surface area (Å²) in [6, 6.07) is -1.80. The van der Waals surface area contributed by atoms with Crippen molar-refractivity contribution in [1.29, 1.82) is 0 Å². The minimum atomic E-state index is -1.12. The number of ether oxygens (including phenoxy) is 1. The van der Waals surface area contributed by atoms with Crippen LogP contribution >= 0.6 is 0 Å². The van der Waals surface area contributed by atoms with E-state index < -0.39 is 24.0 Å². The number of amides is 2. The topological polar surface area (TPSA) is 105 Å². The minimum Gasteiger partial charge on any atom is -0.480 e. The van der Waals surface area contributed by atoms with Gasteiger partial charge in [-0.2, -0.15) is 0 Å². The molecule has 0 bridgehead atoms. The fraction of sp³-hybridized carbons (Fsp3) is 0.824. The normalized spacial score (nSPS) is 18.0. The molecule has 0 aromatic carbocycles. The number of aliphatic carboxylic acids is 1. The average Bonchev–Trinajstić information content (AvgIpc) is 2.98. The van der Waals surface area contributed by atoms with Crippen molar-refractivity contribution >= 4 is 17.8 Å². The van der Waals surface area contributed by atoms with Crippen molar-refractivity contribution in [3.05, 3.63) is 0 Å². The number of hydrogen-bond acceptors (Lipinski definition) is 4. The van der Waals surface area contributed by atoms with Gasteiger partial charge >= 0.3 is 5.97 Å². The zero-order chi connectivity index (χ0) is 18.3. The Kier molecular flexibility index (Phi) is 7.66. The van der Waals surface area contributed by atoms with Gasteiger partial charge in [-0.1, -0.05) is 12.8 Å². The molecule has 7 nitrogen and oxygen atoms in total. The van der Waals surface area contributed by atoms with Crippen LogP contribution in [0.3, 0.4) is 0 Å². The van der Waals surface area contributed by atoms with Crippen LogP contribution in [0.2, 0.25) is 0 Å². The summed E-state index contributed by atoms with van der Waals surface area (Å²) in [4.78, 5) is 35.5. The number of carboxylic acids is 1. The van der Waals surface area contributed by atoms with Crippen LogP contribution < -0.4 is 10.6 Å². The predicted molar refractivity (Wildman–Crippen MR) is 89.5 cm³/mol. The van der Waals surface area contributed by atoms with Crippen LogP contribution in [-0.4, -0.2) is 47.2 Å². The van der Waals surface area contributed by atoms with Crippen LogP contribution in [0.1, 0.15) is 59.8 Å². The average molecular weight is 342 g/mol. The SMILES string of the molecule is CC(NC(=O)C1CCCC1)C(=O)NC(CCOC(C)(C)C)C(=O)O. The van der Waals surface area contributed by atoms with E-state index in [0.29, 0.717) is 0 Å². The highest BCUT2D eigenvalue weighted by Gasteiger charge is 2.28. The number of rotatable bonds is 8. The maximum Gasteiger partial charge on any atom is 0.326 e. The van der Waals surface area contributed by atoms with E-state index >= 15 is 0 Å². The Morgan fingerprint density at radius 1 is 1.17 bits per heavy atom. The smallest absolute Gasteiger partial charge is 0.326 e. The molecule has 1 fully saturated rings. The molecule has 0 aromatic heterocycles. The Bertz CT molecular complexity index is 452. The van der Waals surface area contributed by atoms with Gasteiger partial charge in [-0.15, -0.1) is 0 Å². The highest BCUT2D eigenvalue weighted by molar-refractivity contribution is 5.90. The van der Waals surface area contributed by atoms with Gasteiger partial charge in [0.25, 0.3) is 0 Å². The molecule has 1 saturated carbocycles. The van der Waals surface area contributed by atoms with E-state index in [9.17, 15) is 19.5 Å². The van der Waals surface area contributed by atoms with Crippen LogP contribution in [0.25, 0.3) is 0 Å². The highest BCUT2D eigenvalue weighted by Crippen LogP contribution is 2.24. The van der Waals surface area contributed by atoms with Crippen molar-refractivity contribution < 1.29 is 24.2 Å². The Hall–Kier alpha value is -1.63. The summed E-state index contributed by atoms with van der Waals surface area (Å²) in [5.41, 5.74) is -0.365. The molecule has 1 aliphatic carbocycles. The molecule has 2 unspecified atom stereocenters. The first-order valence-electron chi connectivity index (χ1n) is 8.57. The second-order valence-corrected chi connectivity index (χ2v) is 7.36. The van der Waals surface area contributed by atoms with Crippen molar-refractivity contribution in [2.75, 3.05) is 6.61 Å². The lowest BCUT2D eigenvalue weighted by molar-refractivity contribution is -0.143. The molecular formula is C17H30N2O5. The monoisotopic (exact) mass is 342 g/mol. The van der Waals surface area contributed by atoms with Crippen LogP contribution in [0.15, 0.2) is 0 Å². The van der Waals surface area contributed by atoms with Crippen LogP contribution in [0, 0.1) is 5.92 Å². The maximum atomic E-state index is 12.1. The summed E-state index contributed by atoms with van der Waals surface area (Å²) in [5.74, 6) is -1.77. The third-order valence-corrected chi connectivity index (χ3v) is 4.03. The molecule has 0 saturated heterocycles. The van der Waals surface area contributed by atoms with E-state index in [1.807, 2.05) is 20.8 Å². The molecule has 0 aliphatic heterocycles. The minimum absolute atomic E-state index is 0.0318. The Balaban J connectivity index is 2.45. The molecule has 2 amide bonds. The maximum absolute atomic E-state index is 12.1. The van der Waals surface area contributed by atoms with Crippen molar-refractivity contribution in [2.24, 2.45) is 5.92 Å². The molecule has 0 aromatic rings. The molecule has 24 heavy (non-hydrogen) atoms. The number of hydrogen-bond donors (Lipinski definition) is 3. The van der Waals surface area contributed by atoms with Crippen molar-refractivity contribution in [1.82, 2.24) is 10.6 Å². The third-order valence-electron chi connectivity index (χ3n) is 4.03. The Labute approximate surface area is 143 Å². The van der Waals surface area contributed by atoms with Gasteiger partial charge in [-0.05, 0) is 40.5 Å². The molecular weight excluding hydrogens is 312 g/mol. The summed E-state index contributed by atoms with van der Waals surface area (Å²) in [6.45, 7) is 7.42. The van der Waals surface area contributed by atoms with Crippen LogP contribution in [-0.2, 0) is 19.1 Å².